The molecule has 0 amide bonds. The maximum absolute atomic E-state index is 13.8. The molecule has 1 N–H and O–H groups in total. The van der Waals surface area contributed by atoms with Crippen LogP contribution in [0.2, 0.25) is 0 Å². The van der Waals surface area contributed by atoms with Crippen LogP contribution >= 0.6 is 0 Å². The number of aryl methyl sites for hydroxylation is 1. The van der Waals surface area contributed by atoms with Gasteiger partial charge in [-0.25, -0.2) is 4.39 Å². The predicted octanol–water partition coefficient (Wildman–Crippen LogP) is 4.35. The van der Waals surface area contributed by atoms with Crippen LogP contribution in [0, 0.1) is 12.7 Å². The second kappa shape index (κ2) is 6.06. The number of halogens is 1. The summed E-state index contributed by atoms with van der Waals surface area (Å²) in [5.74, 6) is -0.284. The molecule has 0 spiro atoms. The molecule has 3 heteroatoms. The van der Waals surface area contributed by atoms with Crippen molar-refractivity contribution in [3.63, 3.8) is 0 Å². The molecular weight excluding hydrogens is 253 g/mol. The Kier molecular flexibility index (Phi) is 4.40. The van der Waals surface area contributed by atoms with E-state index in [9.17, 15) is 9.50 Å². The van der Waals surface area contributed by atoms with Crippen molar-refractivity contribution in [2.75, 3.05) is 11.4 Å². The van der Waals surface area contributed by atoms with E-state index in [0.717, 1.165) is 17.9 Å². The molecule has 1 atom stereocenters. The average molecular weight is 273 g/mol. The minimum Gasteiger partial charge on any atom is -0.389 e. The number of nitrogens with zero attached hydrogens (tertiary/aromatic N) is 1. The van der Waals surface area contributed by atoms with Gasteiger partial charge in [-0.3, -0.25) is 0 Å². The van der Waals surface area contributed by atoms with Crippen LogP contribution in [0.25, 0.3) is 0 Å². The normalized spacial score (nSPS) is 12.2. The largest absolute Gasteiger partial charge is 0.389 e. The average Bonchev–Trinajstić information content (AvgIpc) is 2.44. The summed E-state index contributed by atoms with van der Waals surface area (Å²) in [5, 5.41) is 9.92. The monoisotopic (exact) mass is 273 g/mol. The molecule has 0 bridgehead atoms. The SMILES string of the molecule is CCN(c1ccccc1)c1cc(C)c(F)cc1C(C)O. The highest BCUT2D eigenvalue weighted by molar-refractivity contribution is 5.67. The number of aliphatic hydroxyl groups excluding tert-OH is 1. The van der Waals surface area contributed by atoms with Gasteiger partial charge < -0.3 is 10.0 Å². The molecule has 0 saturated carbocycles. The Bertz CT molecular complexity index is 581. The summed E-state index contributed by atoms with van der Waals surface area (Å²) < 4.78 is 13.8. The van der Waals surface area contributed by atoms with Crippen LogP contribution < -0.4 is 4.90 Å². The molecule has 2 aromatic rings. The Hall–Kier alpha value is -1.87. The minimum atomic E-state index is -0.710. The Labute approximate surface area is 119 Å². The van der Waals surface area contributed by atoms with Gasteiger partial charge in [0.25, 0.3) is 0 Å². The first kappa shape index (κ1) is 14.5. The predicted molar refractivity (Wildman–Crippen MR) is 80.9 cm³/mol. The highest BCUT2D eigenvalue weighted by atomic mass is 19.1. The molecule has 0 aliphatic carbocycles. The third kappa shape index (κ3) is 2.83. The van der Waals surface area contributed by atoms with Gasteiger partial charge in [-0.1, -0.05) is 18.2 Å². The second-order valence-electron chi connectivity index (χ2n) is 4.92. The van der Waals surface area contributed by atoms with Crippen molar-refractivity contribution in [3.8, 4) is 0 Å². The van der Waals surface area contributed by atoms with E-state index in [2.05, 4.69) is 4.90 Å². The van der Waals surface area contributed by atoms with Crippen molar-refractivity contribution in [1.82, 2.24) is 0 Å². The smallest absolute Gasteiger partial charge is 0.126 e. The number of hydrogen-bond donors (Lipinski definition) is 1. The van der Waals surface area contributed by atoms with E-state index >= 15 is 0 Å². The second-order valence-corrected chi connectivity index (χ2v) is 4.92. The molecule has 0 radical (unpaired) electrons. The van der Waals surface area contributed by atoms with Crippen LogP contribution in [0.15, 0.2) is 42.5 Å². The van der Waals surface area contributed by atoms with Crippen LogP contribution in [-0.2, 0) is 0 Å². The molecule has 0 aromatic heterocycles. The Morgan fingerprint density at radius 1 is 1.20 bits per heavy atom. The molecule has 2 aromatic carbocycles. The standard InChI is InChI=1S/C17H20FNO/c1-4-19(14-8-6-5-7-9-14)17-10-12(2)16(18)11-15(17)13(3)20/h5-11,13,20H,4H2,1-3H3. The zero-order valence-electron chi connectivity index (χ0n) is 12.1. The van der Waals surface area contributed by atoms with Crippen LogP contribution in [0.4, 0.5) is 15.8 Å². The number of aliphatic hydroxyl groups is 1. The van der Waals surface area contributed by atoms with E-state index in [0.29, 0.717) is 11.1 Å². The molecule has 106 valence electrons. The van der Waals surface area contributed by atoms with E-state index < -0.39 is 6.10 Å². The van der Waals surface area contributed by atoms with Crippen molar-refractivity contribution in [3.05, 3.63) is 59.4 Å². The fraction of sp³-hybridized carbons (Fsp3) is 0.294. The number of rotatable bonds is 4. The molecule has 0 aliphatic rings. The Balaban J connectivity index is 2.57. The van der Waals surface area contributed by atoms with E-state index in [1.54, 1.807) is 19.9 Å². The first-order valence-electron chi connectivity index (χ1n) is 6.85. The van der Waals surface area contributed by atoms with E-state index in [1.807, 2.05) is 37.3 Å². The van der Waals surface area contributed by atoms with Gasteiger partial charge in [-0.2, -0.15) is 0 Å². The molecule has 0 aliphatic heterocycles. The van der Waals surface area contributed by atoms with E-state index in [-0.39, 0.29) is 5.82 Å². The van der Waals surface area contributed by atoms with Gasteiger partial charge >= 0.3 is 0 Å². The topological polar surface area (TPSA) is 23.5 Å². The molecule has 2 rings (SSSR count). The highest BCUT2D eigenvalue weighted by Crippen LogP contribution is 2.33. The third-order valence-corrected chi connectivity index (χ3v) is 3.43. The lowest BCUT2D eigenvalue weighted by Crippen LogP contribution is -2.18. The van der Waals surface area contributed by atoms with Gasteiger partial charge in [-0.15, -0.1) is 0 Å². The van der Waals surface area contributed by atoms with Gasteiger partial charge in [0.1, 0.15) is 5.82 Å². The lowest BCUT2D eigenvalue weighted by molar-refractivity contribution is 0.199. The summed E-state index contributed by atoms with van der Waals surface area (Å²) in [5.41, 5.74) is 3.08. The van der Waals surface area contributed by atoms with Crippen LogP contribution in [0.5, 0.6) is 0 Å². The molecule has 0 heterocycles. The third-order valence-electron chi connectivity index (χ3n) is 3.43. The summed E-state index contributed by atoms with van der Waals surface area (Å²) in [6.07, 6.45) is -0.710. The first-order valence-corrected chi connectivity index (χ1v) is 6.85. The fourth-order valence-corrected chi connectivity index (χ4v) is 2.35. The summed E-state index contributed by atoms with van der Waals surface area (Å²) in [6.45, 7) is 6.18. The number of hydrogen-bond acceptors (Lipinski definition) is 2. The van der Waals surface area contributed by atoms with Gasteiger partial charge in [-0.05, 0) is 50.6 Å². The Morgan fingerprint density at radius 2 is 1.85 bits per heavy atom. The summed E-state index contributed by atoms with van der Waals surface area (Å²) >= 11 is 0. The van der Waals surface area contributed by atoms with Crippen molar-refractivity contribution < 1.29 is 9.50 Å². The zero-order chi connectivity index (χ0) is 14.7. The lowest BCUT2D eigenvalue weighted by Gasteiger charge is -2.27. The molecule has 2 nitrogen and oxygen atoms in total. The molecular formula is C17H20FNO. The van der Waals surface area contributed by atoms with Crippen molar-refractivity contribution >= 4 is 11.4 Å². The van der Waals surface area contributed by atoms with E-state index in [4.69, 9.17) is 0 Å². The summed E-state index contributed by atoms with van der Waals surface area (Å²) in [4.78, 5) is 2.08. The molecule has 1 unspecified atom stereocenters. The molecule has 20 heavy (non-hydrogen) atoms. The van der Waals surface area contributed by atoms with Gasteiger partial charge in [0.05, 0.1) is 6.10 Å². The van der Waals surface area contributed by atoms with Crippen molar-refractivity contribution in [2.45, 2.75) is 26.9 Å². The fourth-order valence-electron chi connectivity index (χ4n) is 2.35. The number of anilines is 2. The first-order chi connectivity index (χ1) is 9.54. The zero-order valence-corrected chi connectivity index (χ0v) is 12.1. The lowest BCUT2D eigenvalue weighted by atomic mass is 10.0. The number of para-hydroxylation sites is 1. The maximum atomic E-state index is 13.8. The van der Waals surface area contributed by atoms with E-state index in [1.165, 1.54) is 6.07 Å². The van der Waals surface area contributed by atoms with Crippen molar-refractivity contribution in [2.24, 2.45) is 0 Å². The Morgan fingerprint density at radius 3 is 2.40 bits per heavy atom. The van der Waals surface area contributed by atoms with Crippen LogP contribution in [0.3, 0.4) is 0 Å². The van der Waals surface area contributed by atoms with Crippen LogP contribution in [0.1, 0.15) is 31.1 Å². The molecule has 0 fully saturated rings. The summed E-state index contributed by atoms with van der Waals surface area (Å²) in [6, 6.07) is 13.1. The van der Waals surface area contributed by atoms with Gasteiger partial charge in [0.2, 0.25) is 0 Å². The van der Waals surface area contributed by atoms with Gasteiger partial charge in [0, 0.05) is 23.5 Å². The number of benzene rings is 2. The molecule has 0 saturated heterocycles. The summed E-state index contributed by atoms with van der Waals surface area (Å²) in [7, 11) is 0. The maximum Gasteiger partial charge on any atom is 0.126 e. The highest BCUT2D eigenvalue weighted by Gasteiger charge is 2.17. The van der Waals surface area contributed by atoms with Crippen LogP contribution in [-0.4, -0.2) is 11.7 Å². The quantitative estimate of drug-likeness (QED) is 0.895. The van der Waals surface area contributed by atoms with Gasteiger partial charge in [0.15, 0.2) is 0 Å². The van der Waals surface area contributed by atoms with Crippen molar-refractivity contribution in [1.29, 1.82) is 0 Å². The minimum absolute atomic E-state index is 0.284.